The summed E-state index contributed by atoms with van der Waals surface area (Å²) in [5.74, 6) is 0.528. The molecule has 2 rings (SSSR count). The predicted molar refractivity (Wildman–Crippen MR) is 68.1 cm³/mol. The number of halogens is 1. The molecular weight excluding hydrogens is 231 g/mol. The van der Waals surface area contributed by atoms with Crippen LogP contribution in [0.1, 0.15) is 24.1 Å². The molecule has 0 aliphatic rings. The van der Waals surface area contributed by atoms with Crippen LogP contribution < -0.4 is 10.5 Å². The van der Waals surface area contributed by atoms with E-state index in [0.717, 1.165) is 5.56 Å². The monoisotopic (exact) mass is 246 g/mol. The fraction of sp³-hybridized carbons (Fsp3) is 0.214. The van der Waals surface area contributed by atoms with Gasteiger partial charge in [-0.25, -0.2) is 9.37 Å². The normalized spacial score (nSPS) is 12.2. The SMILES string of the molecule is Cc1ccc(Oc2ncccc2C(C)N)cc1F. The summed E-state index contributed by atoms with van der Waals surface area (Å²) in [5.41, 5.74) is 7.20. The molecule has 0 radical (unpaired) electrons. The number of benzene rings is 1. The van der Waals surface area contributed by atoms with E-state index in [4.69, 9.17) is 10.5 Å². The first-order valence-electron chi connectivity index (χ1n) is 5.72. The quantitative estimate of drug-likeness (QED) is 0.903. The molecule has 4 heteroatoms. The number of nitrogens with zero attached hydrogens (tertiary/aromatic N) is 1. The number of rotatable bonds is 3. The van der Waals surface area contributed by atoms with Crippen molar-refractivity contribution in [1.82, 2.24) is 4.98 Å². The van der Waals surface area contributed by atoms with E-state index in [-0.39, 0.29) is 11.9 Å². The van der Waals surface area contributed by atoms with E-state index in [0.29, 0.717) is 17.2 Å². The molecule has 1 aromatic heterocycles. The summed E-state index contributed by atoms with van der Waals surface area (Å²) in [6.45, 7) is 3.55. The lowest BCUT2D eigenvalue weighted by Crippen LogP contribution is -2.07. The first-order valence-corrected chi connectivity index (χ1v) is 5.72. The molecule has 0 saturated heterocycles. The highest BCUT2D eigenvalue weighted by atomic mass is 19.1. The van der Waals surface area contributed by atoms with Gasteiger partial charge in [0.25, 0.3) is 0 Å². The second-order valence-electron chi connectivity index (χ2n) is 4.20. The lowest BCUT2D eigenvalue weighted by Gasteiger charge is -2.12. The van der Waals surface area contributed by atoms with Crippen LogP contribution >= 0.6 is 0 Å². The molecule has 0 bridgehead atoms. The van der Waals surface area contributed by atoms with Gasteiger partial charge in [0, 0.05) is 23.9 Å². The van der Waals surface area contributed by atoms with E-state index >= 15 is 0 Å². The van der Waals surface area contributed by atoms with Crippen molar-refractivity contribution in [2.24, 2.45) is 5.73 Å². The molecular formula is C14H15FN2O. The summed E-state index contributed by atoms with van der Waals surface area (Å²) >= 11 is 0. The Kier molecular flexibility index (Phi) is 3.58. The summed E-state index contributed by atoms with van der Waals surface area (Å²) in [4.78, 5) is 4.12. The van der Waals surface area contributed by atoms with Gasteiger partial charge in [0.05, 0.1) is 0 Å². The second-order valence-corrected chi connectivity index (χ2v) is 4.20. The number of aryl methyl sites for hydroxylation is 1. The Morgan fingerprint density at radius 2 is 2.11 bits per heavy atom. The maximum Gasteiger partial charge on any atom is 0.223 e. The van der Waals surface area contributed by atoms with Crippen LogP contribution in [0.3, 0.4) is 0 Å². The molecule has 0 aliphatic carbocycles. The fourth-order valence-corrected chi connectivity index (χ4v) is 1.58. The van der Waals surface area contributed by atoms with E-state index in [2.05, 4.69) is 4.98 Å². The fourth-order valence-electron chi connectivity index (χ4n) is 1.58. The smallest absolute Gasteiger partial charge is 0.223 e. The number of ether oxygens (including phenoxy) is 1. The molecule has 94 valence electrons. The second kappa shape index (κ2) is 5.14. The minimum absolute atomic E-state index is 0.191. The van der Waals surface area contributed by atoms with Crippen molar-refractivity contribution in [2.75, 3.05) is 0 Å². The highest BCUT2D eigenvalue weighted by molar-refractivity contribution is 5.35. The van der Waals surface area contributed by atoms with E-state index in [1.54, 1.807) is 31.3 Å². The van der Waals surface area contributed by atoms with Gasteiger partial charge >= 0.3 is 0 Å². The molecule has 0 spiro atoms. The molecule has 0 fully saturated rings. The van der Waals surface area contributed by atoms with Gasteiger partial charge in [-0.3, -0.25) is 0 Å². The maximum atomic E-state index is 13.4. The molecule has 0 saturated carbocycles. The van der Waals surface area contributed by atoms with Crippen LogP contribution in [0.4, 0.5) is 4.39 Å². The molecule has 1 atom stereocenters. The zero-order valence-corrected chi connectivity index (χ0v) is 10.4. The Morgan fingerprint density at radius 3 is 2.78 bits per heavy atom. The van der Waals surface area contributed by atoms with Crippen molar-refractivity contribution in [3.63, 3.8) is 0 Å². The number of hydrogen-bond acceptors (Lipinski definition) is 3. The summed E-state index contributed by atoms with van der Waals surface area (Å²) in [5, 5.41) is 0. The molecule has 1 heterocycles. The third-order valence-corrected chi connectivity index (χ3v) is 2.65. The first-order chi connectivity index (χ1) is 8.58. The Labute approximate surface area is 105 Å². The van der Waals surface area contributed by atoms with Crippen LogP contribution in [0.25, 0.3) is 0 Å². The van der Waals surface area contributed by atoms with Gasteiger partial charge in [-0.05, 0) is 31.5 Å². The summed E-state index contributed by atoms with van der Waals surface area (Å²) < 4.78 is 19.0. The Morgan fingerprint density at radius 1 is 1.33 bits per heavy atom. The summed E-state index contributed by atoms with van der Waals surface area (Å²) in [6.07, 6.45) is 1.62. The largest absolute Gasteiger partial charge is 0.439 e. The molecule has 0 aliphatic heterocycles. The molecule has 2 N–H and O–H groups in total. The van der Waals surface area contributed by atoms with Gasteiger partial charge in [0.15, 0.2) is 0 Å². The van der Waals surface area contributed by atoms with Gasteiger partial charge in [-0.15, -0.1) is 0 Å². The molecule has 2 aromatic rings. The van der Waals surface area contributed by atoms with Crippen LogP contribution in [0.5, 0.6) is 11.6 Å². The maximum absolute atomic E-state index is 13.4. The summed E-state index contributed by atoms with van der Waals surface area (Å²) in [7, 11) is 0. The minimum atomic E-state index is -0.300. The average Bonchev–Trinajstić information content (AvgIpc) is 2.34. The van der Waals surface area contributed by atoms with Crippen LogP contribution in [0.15, 0.2) is 36.5 Å². The number of aromatic nitrogens is 1. The Hall–Kier alpha value is -1.94. The standard InChI is InChI=1S/C14H15FN2O/c1-9-5-6-11(8-13(9)15)18-14-12(10(2)16)4-3-7-17-14/h3-8,10H,16H2,1-2H3. The van der Waals surface area contributed by atoms with E-state index in [1.165, 1.54) is 6.07 Å². The van der Waals surface area contributed by atoms with Crippen molar-refractivity contribution in [3.05, 3.63) is 53.5 Å². The van der Waals surface area contributed by atoms with Crippen molar-refractivity contribution < 1.29 is 9.13 Å². The van der Waals surface area contributed by atoms with Crippen LogP contribution in [-0.2, 0) is 0 Å². The third kappa shape index (κ3) is 2.65. The van der Waals surface area contributed by atoms with Crippen LogP contribution in [-0.4, -0.2) is 4.98 Å². The molecule has 1 aromatic carbocycles. The predicted octanol–water partition coefficient (Wildman–Crippen LogP) is 3.34. The van der Waals surface area contributed by atoms with E-state index in [1.807, 2.05) is 13.0 Å². The van der Waals surface area contributed by atoms with Gasteiger partial charge in [-0.2, -0.15) is 0 Å². The van der Waals surface area contributed by atoms with Gasteiger partial charge < -0.3 is 10.5 Å². The molecule has 3 nitrogen and oxygen atoms in total. The number of nitrogens with two attached hydrogens (primary N) is 1. The number of pyridine rings is 1. The lowest BCUT2D eigenvalue weighted by molar-refractivity contribution is 0.447. The van der Waals surface area contributed by atoms with Gasteiger partial charge in [-0.1, -0.05) is 12.1 Å². The summed E-state index contributed by atoms with van der Waals surface area (Å²) in [6, 6.07) is 8.16. The molecule has 0 amide bonds. The molecule has 1 unspecified atom stereocenters. The zero-order chi connectivity index (χ0) is 13.1. The third-order valence-electron chi connectivity index (χ3n) is 2.65. The van der Waals surface area contributed by atoms with Gasteiger partial charge in [0.2, 0.25) is 5.88 Å². The van der Waals surface area contributed by atoms with Crippen molar-refractivity contribution in [3.8, 4) is 11.6 Å². The van der Waals surface area contributed by atoms with Crippen molar-refractivity contribution in [1.29, 1.82) is 0 Å². The van der Waals surface area contributed by atoms with Crippen LogP contribution in [0.2, 0.25) is 0 Å². The molecule has 18 heavy (non-hydrogen) atoms. The van der Waals surface area contributed by atoms with Gasteiger partial charge in [0.1, 0.15) is 11.6 Å². The minimum Gasteiger partial charge on any atom is -0.439 e. The van der Waals surface area contributed by atoms with Crippen molar-refractivity contribution in [2.45, 2.75) is 19.9 Å². The van der Waals surface area contributed by atoms with E-state index < -0.39 is 0 Å². The van der Waals surface area contributed by atoms with Crippen LogP contribution in [0, 0.1) is 12.7 Å². The Bertz CT molecular complexity index is 555. The average molecular weight is 246 g/mol. The van der Waals surface area contributed by atoms with Crippen molar-refractivity contribution >= 4 is 0 Å². The highest BCUT2D eigenvalue weighted by Gasteiger charge is 2.10. The topological polar surface area (TPSA) is 48.1 Å². The zero-order valence-electron chi connectivity index (χ0n) is 10.4. The van der Waals surface area contributed by atoms with E-state index in [9.17, 15) is 4.39 Å². The lowest BCUT2D eigenvalue weighted by atomic mass is 10.1. The number of hydrogen-bond donors (Lipinski definition) is 1. The highest BCUT2D eigenvalue weighted by Crippen LogP contribution is 2.27. The Balaban J connectivity index is 2.31. The first kappa shape index (κ1) is 12.5.